The van der Waals surface area contributed by atoms with E-state index in [1.54, 1.807) is 17.0 Å². The van der Waals surface area contributed by atoms with Gasteiger partial charge in [0.05, 0.1) is 5.69 Å². The molecule has 0 aromatic heterocycles. The summed E-state index contributed by atoms with van der Waals surface area (Å²) in [6, 6.07) is 13.4. The zero-order chi connectivity index (χ0) is 20.9. The zero-order valence-corrected chi connectivity index (χ0v) is 17.5. The van der Waals surface area contributed by atoms with Gasteiger partial charge in [0.2, 0.25) is 0 Å². The predicted molar refractivity (Wildman–Crippen MR) is 118 cm³/mol. The largest absolute Gasteiger partial charge is 0.415 e. The highest BCUT2D eigenvalue weighted by molar-refractivity contribution is 5.73. The van der Waals surface area contributed by atoms with Crippen molar-refractivity contribution >= 4 is 23.2 Å². The van der Waals surface area contributed by atoms with Gasteiger partial charge in [0.1, 0.15) is 11.4 Å². The van der Waals surface area contributed by atoms with Crippen LogP contribution in [0.4, 0.5) is 21.9 Å². The SMILES string of the molecule is Cc1ccc(N=Nc2ccccc2OC(=O)N2CCC(N3CCCC3)CC2)c(N)c1. The summed E-state index contributed by atoms with van der Waals surface area (Å²) in [5, 5.41) is 8.51. The van der Waals surface area contributed by atoms with Crippen LogP contribution in [0.25, 0.3) is 0 Å². The Balaban J connectivity index is 1.39. The third-order valence-corrected chi connectivity index (χ3v) is 5.89. The van der Waals surface area contributed by atoms with Crippen LogP contribution < -0.4 is 10.5 Å². The second kappa shape index (κ2) is 9.26. The average molecular weight is 408 g/mol. The van der Waals surface area contributed by atoms with Gasteiger partial charge in [-0.2, -0.15) is 0 Å². The van der Waals surface area contributed by atoms with E-state index in [4.69, 9.17) is 10.5 Å². The van der Waals surface area contributed by atoms with Gasteiger partial charge in [0.25, 0.3) is 0 Å². The molecular weight excluding hydrogens is 378 g/mol. The average Bonchev–Trinajstić information content (AvgIpc) is 3.29. The minimum atomic E-state index is -0.327. The highest BCUT2D eigenvalue weighted by atomic mass is 16.6. The number of hydrogen-bond acceptors (Lipinski definition) is 6. The zero-order valence-electron chi connectivity index (χ0n) is 17.5. The van der Waals surface area contributed by atoms with Crippen LogP contribution in [-0.2, 0) is 0 Å². The van der Waals surface area contributed by atoms with E-state index in [-0.39, 0.29) is 6.09 Å². The molecule has 2 aliphatic rings. The Morgan fingerprint density at radius 2 is 1.70 bits per heavy atom. The first-order chi connectivity index (χ1) is 14.6. The molecule has 2 aromatic rings. The number of para-hydroxylation sites is 1. The highest BCUT2D eigenvalue weighted by Gasteiger charge is 2.29. The summed E-state index contributed by atoms with van der Waals surface area (Å²) in [5.41, 5.74) is 8.72. The molecule has 2 heterocycles. The second-order valence-electron chi connectivity index (χ2n) is 8.06. The maximum Gasteiger partial charge on any atom is 0.415 e. The van der Waals surface area contributed by atoms with E-state index in [2.05, 4.69) is 15.1 Å². The van der Waals surface area contributed by atoms with Gasteiger partial charge in [-0.05, 0) is 75.5 Å². The lowest BCUT2D eigenvalue weighted by Gasteiger charge is -2.36. The highest BCUT2D eigenvalue weighted by Crippen LogP contribution is 2.31. The molecule has 0 aliphatic carbocycles. The number of azo groups is 1. The summed E-state index contributed by atoms with van der Waals surface area (Å²) < 4.78 is 5.67. The fourth-order valence-electron chi connectivity index (χ4n) is 4.18. The quantitative estimate of drug-likeness (QED) is 0.568. The molecule has 30 heavy (non-hydrogen) atoms. The Hall–Kier alpha value is -2.93. The van der Waals surface area contributed by atoms with Gasteiger partial charge in [-0.15, -0.1) is 10.2 Å². The molecule has 2 aromatic carbocycles. The third kappa shape index (κ3) is 4.79. The topological polar surface area (TPSA) is 83.5 Å². The van der Waals surface area contributed by atoms with Crippen molar-refractivity contribution in [3.63, 3.8) is 0 Å². The third-order valence-electron chi connectivity index (χ3n) is 5.89. The van der Waals surface area contributed by atoms with Crippen molar-refractivity contribution in [3.8, 4) is 5.75 Å². The number of aryl methyl sites for hydroxylation is 1. The normalized spacial score (nSPS) is 18.2. The minimum Gasteiger partial charge on any atom is -0.408 e. The molecule has 2 fully saturated rings. The van der Waals surface area contributed by atoms with Crippen molar-refractivity contribution in [2.75, 3.05) is 31.9 Å². The minimum absolute atomic E-state index is 0.327. The lowest BCUT2D eigenvalue weighted by Crippen LogP contribution is -2.46. The van der Waals surface area contributed by atoms with Gasteiger partial charge in [-0.25, -0.2) is 4.79 Å². The number of benzene rings is 2. The van der Waals surface area contributed by atoms with E-state index < -0.39 is 0 Å². The summed E-state index contributed by atoms with van der Waals surface area (Å²) in [5.74, 6) is 0.401. The van der Waals surface area contributed by atoms with Crippen LogP contribution in [-0.4, -0.2) is 48.1 Å². The van der Waals surface area contributed by atoms with Crippen LogP contribution in [0.2, 0.25) is 0 Å². The molecule has 2 N–H and O–H groups in total. The van der Waals surface area contributed by atoms with E-state index in [9.17, 15) is 4.79 Å². The van der Waals surface area contributed by atoms with Gasteiger partial charge in [0.15, 0.2) is 5.75 Å². The Morgan fingerprint density at radius 3 is 2.43 bits per heavy atom. The molecule has 0 radical (unpaired) electrons. The van der Waals surface area contributed by atoms with Crippen molar-refractivity contribution in [2.24, 2.45) is 10.2 Å². The molecule has 7 nitrogen and oxygen atoms in total. The fourth-order valence-corrected chi connectivity index (χ4v) is 4.18. The van der Waals surface area contributed by atoms with Crippen LogP contribution in [0.1, 0.15) is 31.2 Å². The van der Waals surface area contributed by atoms with Crippen molar-refractivity contribution in [3.05, 3.63) is 48.0 Å². The number of hydrogen-bond donors (Lipinski definition) is 1. The first-order valence-corrected chi connectivity index (χ1v) is 10.7. The smallest absolute Gasteiger partial charge is 0.408 e. The first kappa shape index (κ1) is 20.3. The molecule has 1 amide bonds. The summed E-state index contributed by atoms with van der Waals surface area (Å²) in [4.78, 5) is 17.1. The number of ether oxygens (including phenoxy) is 1. The number of nitrogen functional groups attached to an aromatic ring is 1. The molecule has 0 atom stereocenters. The standard InChI is InChI=1S/C23H29N5O2/c1-17-8-9-20(19(24)16-17)25-26-21-6-2-3-7-22(21)30-23(29)28-14-10-18(11-15-28)27-12-4-5-13-27/h2-3,6-9,16,18H,4-5,10-15,24H2,1H3. The van der Waals surface area contributed by atoms with Crippen LogP contribution in [0.15, 0.2) is 52.7 Å². The molecule has 0 unspecified atom stereocenters. The lowest BCUT2D eigenvalue weighted by atomic mass is 10.0. The van der Waals surface area contributed by atoms with Crippen molar-refractivity contribution < 1.29 is 9.53 Å². The van der Waals surface area contributed by atoms with Crippen LogP contribution in [0.3, 0.4) is 0 Å². The molecule has 7 heteroatoms. The summed E-state index contributed by atoms with van der Waals surface area (Å²) in [7, 11) is 0. The maximum atomic E-state index is 12.7. The van der Waals surface area contributed by atoms with Crippen molar-refractivity contribution in [2.45, 2.75) is 38.6 Å². The van der Waals surface area contributed by atoms with Gasteiger partial charge >= 0.3 is 6.09 Å². The monoisotopic (exact) mass is 407 g/mol. The van der Waals surface area contributed by atoms with Crippen LogP contribution in [0.5, 0.6) is 5.75 Å². The molecule has 158 valence electrons. The lowest BCUT2D eigenvalue weighted by molar-refractivity contribution is 0.110. The number of likely N-dealkylation sites (tertiary alicyclic amines) is 2. The summed E-state index contributed by atoms with van der Waals surface area (Å²) >= 11 is 0. The predicted octanol–water partition coefficient (Wildman–Crippen LogP) is 5.05. The maximum absolute atomic E-state index is 12.7. The fraction of sp³-hybridized carbons (Fsp3) is 0.435. The van der Waals surface area contributed by atoms with Crippen LogP contribution >= 0.6 is 0 Å². The number of amides is 1. The molecule has 0 bridgehead atoms. The number of rotatable bonds is 4. The summed E-state index contributed by atoms with van der Waals surface area (Å²) in [6.45, 7) is 5.81. The van der Waals surface area contributed by atoms with Crippen molar-refractivity contribution in [1.29, 1.82) is 0 Å². The molecular formula is C23H29N5O2. The number of nitrogens with zero attached hydrogens (tertiary/aromatic N) is 4. The van der Waals surface area contributed by atoms with E-state index in [1.807, 2.05) is 37.3 Å². The van der Waals surface area contributed by atoms with Crippen LogP contribution in [0, 0.1) is 6.92 Å². The van der Waals surface area contributed by atoms with Gasteiger partial charge in [0, 0.05) is 19.1 Å². The molecule has 2 aliphatic heterocycles. The second-order valence-corrected chi connectivity index (χ2v) is 8.06. The number of anilines is 1. The van der Waals surface area contributed by atoms with E-state index in [0.29, 0.717) is 28.9 Å². The number of piperidine rings is 1. The van der Waals surface area contributed by atoms with E-state index in [1.165, 1.54) is 25.9 Å². The number of carbonyl (C=O) groups excluding carboxylic acids is 1. The number of nitrogens with two attached hydrogens (primary N) is 1. The first-order valence-electron chi connectivity index (χ1n) is 10.7. The van der Waals surface area contributed by atoms with Gasteiger partial charge in [-0.3, -0.25) is 0 Å². The Labute approximate surface area is 177 Å². The van der Waals surface area contributed by atoms with Gasteiger partial charge in [-0.1, -0.05) is 18.2 Å². The van der Waals surface area contributed by atoms with E-state index in [0.717, 1.165) is 31.5 Å². The molecule has 0 saturated carbocycles. The van der Waals surface area contributed by atoms with Gasteiger partial charge < -0.3 is 20.3 Å². The molecule has 0 spiro atoms. The molecule has 4 rings (SSSR count). The Kier molecular flexibility index (Phi) is 6.28. The number of carbonyl (C=O) groups is 1. The Bertz CT molecular complexity index is 916. The molecule has 2 saturated heterocycles. The van der Waals surface area contributed by atoms with Crippen molar-refractivity contribution in [1.82, 2.24) is 9.80 Å². The Morgan fingerprint density at radius 1 is 1.00 bits per heavy atom. The summed E-state index contributed by atoms with van der Waals surface area (Å²) in [6.07, 6.45) is 4.27. The van der Waals surface area contributed by atoms with E-state index >= 15 is 0 Å².